The Hall–Kier alpha value is -2.23. The molecule has 0 bridgehead atoms. The molecule has 0 radical (unpaired) electrons. The molecule has 0 spiro atoms. The van der Waals surface area contributed by atoms with E-state index in [0.717, 1.165) is 23.5 Å². The van der Waals surface area contributed by atoms with Gasteiger partial charge in [0.05, 0.1) is 0 Å². The third-order valence-electron chi connectivity index (χ3n) is 5.83. The van der Waals surface area contributed by atoms with Crippen LogP contribution in [0.1, 0.15) is 63.4 Å². The molecule has 0 saturated heterocycles. The first-order chi connectivity index (χ1) is 13.8. The maximum atomic E-state index is 12.3. The van der Waals surface area contributed by atoms with Crippen LogP contribution in [0.25, 0.3) is 11.1 Å². The lowest BCUT2D eigenvalue weighted by atomic mass is 9.76. The van der Waals surface area contributed by atoms with E-state index in [0.29, 0.717) is 5.92 Å². The number of hydrogen-bond acceptors (Lipinski definition) is 1. The fourth-order valence-electron chi connectivity index (χ4n) is 4.36. The molecule has 3 rings (SSSR count). The fourth-order valence-corrected chi connectivity index (χ4v) is 4.36. The molecule has 0 unspecified atom stereocenters. The van der Waals surface area contributed by atoms with Crippen LogP contribution < -0.4 is 4.74 Å². The number of hydrogen-bond donors (Lipinski definition) is 0. The number of halogens is 3. The van der Waals surface area contributed by atoms with Crippen LogP contribution in [0.4, 0.5) is 13.2 Å². The van der Waals surface area contributed by atoms with Crippen LogP contribution in [0.3, 0.4) is 0 Å². The molecule has 0 atom stereocenters. The summed E-state index contributed by atoms with van der Waals surface area (Å²) in [6.07, 6.45) is 3.79. The quantitative estimate of drug-likeness (QED) is 0.423. The predicted octanol–water partition coefficient (Wildman–Crippen LogP) is 8.27. The van der Waals surface area contributed by atoms with Gasteiger partial charge in [0.25, 0.3) is 0 Å². The van der Waals surface area contributed by atoms with Gasteiger partial charge in [-0.15, -0.1) is 13.2 Å². The summed E-state index contributed by atoms with van der Waals surface area (Å²) >= 11 is 0. The van der Waals surface area contributed by atoms with E-state index in [1.165, 1.54) is 61.8 Å². The number of ether oxygens (including phenoxy) is 1. The van der Waals surface area contributed by atoms with Crippen LogP contribution in [-0.2, 0) is 0 Å². The number of benzene rings is 2. The molecule has 4 heteroatoms. The van der Waals surface area contributed by atoms with Gasteiger partial charge < -0.3 is 4.74 Å². The second-order valence-electron chi connectivity index (χ2n) is 8.12. The molecule has 1 fully saturated rings. The molecule has 0 heterocycles. The van der Waals surface area contributed by atoms with Crippen molar-refractivity contribution in [3.8, 4) is 16.9 Å². The van der Waals surface area contributed by atoms with E-state index < -0.39 is 6.36 Å². The summed E-state index contributed by atoms with van der Waals surface area (Å²) in [5.41, 5.74) is 4.63. The zero-order valence-electron chi connectivity index (χ0n) is 17.0. The molecule has 1 saturated carbocycles. The van der Waals surface area contributed by atoms with Gasteiger partial charge in [0.1, 0.15) is 5.75 Å². The third-order valence-corrected chi connectivity index (χ3v) is 5.83. The van der Waals surface area contributed by atoms with Crippen LogP contribution in [-0.4, -0.2) is 6.36 Å². The van der Waals surface area contributed by atoms with Crippen molar-refractivity contribution in [2.24, 2.45) is 5.92 Å². The monoisotopic (exact) mass is 402 g/mol. The van der Waals surface area contributed by atoms with E-state index in [1.807, 2.05) is 0 Å². The van der Waals surface area contributed by atoms with Crippen molar-refractivity contribution in [2.45, 2.75) is 64.1 Å². The lowest BCUT2D eigenvalue weighted by molar-refractivity contribution is -0.274. The topological polar surface area (TPSA) is 9.23 Å². The lowest BCUT2D eigenvalue weighted by Gasteiger charge is -2.29. The van der Waals surface area contributed by atoms with Gasteiger partial charge in [-0.05, 0) is 79.2 Å². The van der Waals surface area contributed by atoms with Gasteiger partial charge in [0, 0.05) is 0 Å². The standard InChI is InChI=1S/C25H29F3O/c1-3-4-18(2)17-19-5-7-20(8-6-19)21-9-11-22(12-10-21)23-13-15-24(16-14-23)29-25(26,27)28/h9-16,19-20H,2-8,17H2,1H3. The highest BCUT2D eigenvalue weighted by molar-refractivity contribution is 5.64. The highest BCUT2D eigenvalue weighted by atomic mass is 19.4. The van der Waals surface area contributed by atoms with Gasteiger partial charge in [0.15, 0.2) is 0 Å². The Balaban J connectivity index is 1.56. The fraction of sp³-hybridized carbons (Fsp3) is 0.440. The average molecular weight is 403 g/mol. The molecule has 2 aromatic carbocycles. The molecule has 1 aliphatic rings. The Morgan fingerprint density at radius 2 is 1.48 bits per heavy atom. The Kier molecular flexibility index (Phi) is 7.05. The van der Waals surface area contributed by atoms with Crippen molar-refractivity contribution >= 4 is 0 Å². The SMILES string of the molecule is C=C(CCC)CC1CCC(c2ccc(-c3ccc(OC(F)(F)F)cc3)cc2)CC1. The molecule has 156 valence electrons. The molecule has 0 N–H and O–H groups in total. The van der Waals surface area contributed by atoms with Crippen LogP contribution >= 0.6 is 0 Å². The van der Waals surface area contributed by atoms with Crippen molar-refractivity contribution in [3.63, 3.8) is 0 Å². The van der Waals surface area contributed by atoms with Gasteiger partial charge in [-0.25, -0.2) is 0 Å². The van der Waals surface area contributed by atoms with Crippen LogP contribution in [0.15, 0.2) is 60.7 Å². The average Bonchev–Trinajstić information content (AvgIpc) is 2.68. The minimum Gasteiger partial charge on any atom is -0.406 e. The smallest absolute Gasteiger partial charge is 0.406 e. The third kappa shape index (κ3) is 6.38. The van der Waals surface area contributed by atoms with Crippen molar-refractivity contribution in [1.29, 1.82) is 0 Å². The van der Waals surface area contributed by atoms with E-state index in [2.05, 4.69) is 42.5 Å². The molecule has 1 aliphatic carbocycles. The summed E-state index contributed by atoms with van der Waals surface area (Å²) in [5, 5.41) is 0. The highest BCUT2D eigenvalue weighted by Gasteiger charge is 2.31. The Morgan fingerprint density at radius 3 is 2.00 bits per heavy atom. The van der Waals surface area contributed by atoms with E-state index in [4.69, 9.17) is 0 Å². The summed E-state index contributed by atoms with van der Waals surface area (Å²) in [6.45, 7) is 6.42. The first-order valence-corrected chi connectivity index (χ1v) is 10.5. The lowest BCUT2D eigenvalue weighted by Crippen LogP contribution is -2.16. The number of rotatable bonds is 7. The van der Waals surface area contributed by atoms with Crippen molar-refractivity contribution in [2.75, 3.05) is 0 Å². The van der Waals surface area contributed by atoms with E-state index in [9.17, 15) is 13.2 Å². The van der Waals surface area contributed by atoms with Crippen molar-refractivity contribution < 1.29 is 17.9 Å². The zero-order valence-corrected chi connectivity index (χ0v) is 17.0. The molecule has 0 aliphatic heterocycles. The van der Waals surface area contributed by atoms with Gasteiger partial charge in [-0.2, -0.15) is 0 Å². The van der Waals surface area contributed by atoms with Gasteiger partial charge in [-0.3, -0.25) is 0 Å². The van der Waals surface area contributed by atoms with E-state index >= 15 is 0 Å². The molecule has 0 amide bonds. The summed E-state index contributed by atoms with van der Waals surface area (Å²) in [6, 6.07) is 14.5. The molecule has 29 heavy (non-hydrogen) atoms. The Bertz CT molecular complexity index is 782. The van der Waals surface area contributed by atoms with Crippen LogP contribution in [0, 0.1) is 5.92 Å². The first kappa shape index (κ1) is 21.5. The van der Waals surface area contributed by atoms with Gasteiger partial charge >= 0.3 is 6.36 Å². The molecular formula is C25H29F3O. The summed E-state index contributed by atoms with van der Waals surface area (Å²) in [4.78, 5) is 0. The number of allylic oxidation sites excluding steroid dienone is 1. The molecule has 0 aromatic heterocycles. The summed E-state index contributed by atoms with van der Waals surface area (Å²) < 4.78 is 40.8. The predicted molar refractivity (Wildman–Crippen MR) is 112 cm³/mol. The second kappa shape index (κ2) is 9.51. The van der Waals surface area contributed by atoms with Crippen molar-refractivity contribution in [3.05, 3.63) is 66.2 Å². The zero-order chi connectivity index (χ0) is 20.9. The van der Waals surface area contributed by atoms with Crippen molar-refractivity contribution in [1.82, 2.24) is 0 Å². The minimum atomic E-state index is -4.66. The first-order valence-electron chi connectivity index (χ1n) is 10.5. The molecule has 2 aromatic rings. The maximum Gasteiger partial charge on any atom is 0.573 e. The number of alkyl halides is 3. The molecule has 1 nitrogen and oxygen atoms in total. The van der Waals surface area contributed by atoms with E-state index in [-0.39, 0.29) is 5.75 Å². The highest BCUT2D eigenvalue weighted by Crippen LogP contribution is 2.39. The van der Waals surface area contributed by atoms with Gasteiger partial charge in [0.2, 0.25) is 0 Å². The maximum absolute atomic E-state index is 12.3. The van der Waals surface area contributed by atoms with Gasteiger partial charge in [-0.1, -0.05) is 61.9 Å². The Labute approximate surface area is 171 Å². The summed E-state index contributed by atoms with van der Waals surface area (Å²) in [7, 11) is 0. The largest absolute Gasteiger partial charge is 0.573 e. The normalized spacial score (nSPS) is 19.7. The molecular weight excluding hydrogens is 373 g/mol. The summed E-state index contributed by atoms with van der Waals surface area (Å²) in [5.74, 6) is 1.18. The minimum absolute atomic E-state index is 0.198. The Morgan fingerprint density at radius 1 is 0.931 bits per heavy atom. The van der Waals surface area contributed by atoms with E-state index in [1.54, 1.807) is 12.1 Å². The second-order valence-corrected chi connectivity index (χ2v) is 8.12. The van der Waals surface area contributed by atoms with Crippen LogP contribution in [0.5, 0.6) is 5.75 Å². The van der Waals surface area contributed by atoms with Crippen LogP contribution in [0.2, 0.25) is 0 Å².